The largest absolute Gasteiger partial charge is 0.321 e. The highest BCUT2D eigenvalue weighted by Gasteiger charge is 2.40. The average Bonchev–Trinajstić information content (AvgIpc) is 3.13. The van der Waals surface area contributed by atoms with Crippen molar-refractivity contribution in [2.45, 2.75) is 18.6 Å². The molecule has 0 radical (unpaired) electrons. The molecule has 3 aromatic rings. The number of thioether (sulfide) groups is 1. The molecule has 1 fully saturated rings. The molecule has 0 aromatic heterocycles. The first-order valence-electron chi connectivity index (χ1n) is 10.4. The summed E-state index contributed by atoms with van der Waals surface area (Å²) in [6.07, 6.45) is 0.478. The van der Waals surface area contributed by atoms with Crippen LogP contribution in [0.15, 0.2) is 92.3 Å². The van der Waals surface area contributed by atoms with Gasteiger partial charge in [-0.3, -0.25) is 14.5 Å². The summed E-state index contributed by atoms with van der Waals surface area (Å²) in [5.74, 6) is -0.714. The number of hydrogen-bond donors (Lipinski definition) is 1. The average molecular weight is 597 g/mol. The van der Waals surface area contributed by atoms with E-state index >= 15 is 0 Å². The lowest BCUT2D eigenvalue weighted by Gasteiger charge is -2.19. The summed E-state index contributed by atoms with van der Waals surface area (Å²) in [7, 11) is 0. The Balaban J connectivity index is 1.71. The minimum Gasteiger partial charge on any atom is -0.321 e. The lowest BCUT2D eigenvalue weighted by molar-refractivity contribution is -0.117. The Bertz CT molecular complexity index is 1300. The Morgan fingerprint density at radius 3 is 2.18 bits per heavy atom. The third-order valence-electron chi connectivity index (χ3n) is 5.23. The molecule has 1 aliphatic rings. The first-order chi connectivity index (χ1) is 16.4. The molecule has 1 saturated heterocycles. The molecule has 4 rings (SSSR count). The van der Waals surface area contributed by atoms with Gasteiger partial charge in [-0.25, -0.2) is 0 Å². The normalized spacial score (nSPS) is 16.8. The Morgan fingerprint density at radius 1 is 1.00 bits per heavy atom. The van der Waals surface area contributed by atoms with Crippen molar-refractivity contribution >= 4 is 66.8 Å². The molecule has 1 N–H and O–H groups in total. The van der Waals surface area contributed by atoms with Crippen molar-refractivity contribution in [1.82, 2.24) is 0 Å². The molecule has 0 saturated carbocycles. The first-order valence-corrected chi connectivity index (χ1v) is 12.9. The number of nitrogens with zero attached hydrogens (tertiary/aromatic N) is 2. The zero-order chi connectivity index (χ0) is 24.2. The summed E-state index contributed by atoms with van der Waals surface area (Å²) in [6.45, 7) is 1.96. The van der Waals surface area contributed by atoms with E-state index in [0.29, 0.717) is 22.8 Å². The smallest absolute Gasteiger partial charge is 0.269 e. The monoisotopic (exact) mass is 595 g/mol. The number of carbonyl (C=O) groups excluding carboxylic acids is 2. The molecule has 2 amide bonds. The molecular formula is C26H19Br2N3O2S. The number of aryl methyl sites for hydroxylation is 1. The molecule has 0 bridgehead atoms. The molecule has 3 aromatic carbocycles. The van der Waals surface area contributed by atoms with Crippen molar-refractivity contribution in [2.75, 3.05) is 10.2 Å². The molecule has 34 heavy (non-hydrogen) atoms. The van der Waals surface area contributed by atoms with Gasteiger partial charge in [0.2, 0.25) is 5.91 Å². The maximum Gasteiger partial charge on any atom is 0.269 e. The second kappa shape index (κ2) is 10.6. The van der Waals surface area contributed by atoms with Crippen LogP contribution in [-0.4, -0.2) is 17.1 Å². The Hall–Kier alpha value is -2.86. The molecule has 0 spiro atoms. The molecule has 1 atom stereocenters. The quantitative estimate of drug-likeness (QED) is 0.266. The van der Waals surface area contributed by atoms with Crippen LogP contribution in [0.1, 0.15) is 11.1 Å². The van der Waals surface area contributed by atoms with E-state index in [1.165, 1.54) is 16.7 Å². The predicted molar refractivity (Wildman–Crippen MR) is 143 cm³/mol. The van der Waals surface area contributed by atoms with E-state index in [-0.39, 0.29) is 11.5 Å². The summed E-state index contributed by atoms with van der Waals surface area (Å²) in [4.78, 5) is 28.1. The van der Waals surface area contributed by atoms with Crippen molar-refractivity contribution in [1.29, 1.82) is 5.26 Å². The number of nitriles is 1. The fourth-order valence-electron chi connectivity index (χ4n) is 3.48. The van der Waals surface area contributed by atoms with Gasteiger partial charge in [0, 0.05) is 20.3 Å². The second-order valence-electron chi connectivity index (χ2n) is 7.70. The topological polar surface area (TPSA) is 73.2 Å². The number of anilines is 2. The highest BCUT2D eigenvalue weighted by atomic mass is 79.9. The summed E-state index contributed by atoms with van der Waals surface area (Å²) in [5, 5.41) is 12.6. The van der Waals surface area contributed by atoms with Gasteiger partial charge in [-0.1, -0.05) is 73.5 Å². The molecule has 1 heterocycles. The third-order valence-corrected chi connectivity index (χ3v) is 7.55. The second-order valence-corrected chi connectivity index (χ2v) is 10.7. The lowest BCUT2D eigenvalue weighted by Crippen LogP contribution is -2.30. The zero-order valence-electron chi connectivity index (χ0n) is 18.1. The van der Waals surface area contributed by atoms with Gasteiger partial charge in [-0.05, 0) is 67.4 Å². The minimum absolute atomic E-state index is 0.0971. The van der Waals surface area contributed by atoms with Gasteiger partial charge >= 0.3 is 0 Å². The number of carbonyl (C=O) groups is 2. The van der Waals surface area contributed by atoms with Crippen molar-refractivity contribution in [3.05, 3.63) is 103 Å². The van der Waals surface area contributed by atoms with Crippen LogP contribution in [0.4, 0.5) is 11.4 Å². The van der Waals surface area contributed by atoms with Crippen LogP contribution in [0.3, 0.4) is 0 Å². The number of halogens is 2. The van der Waals surface area contributed by atoms with E-state index in [9.17, 15) is 14.9 Å². The first kappa shape index (κ1) is 24.3. The van der Waals surface area contributed by atoms with E-state index in [1.54, 1.807) is 24.3 Å². The van der Waals surface area contributed by atoms with Crippen LogP contribution < -0.4 is 10.2 Å². The summed E-state index contributed by atoms with van der Waals surface area (Å²) >= 11 is 8.09. The summed E-state index contributed by atoms with van der Waals surface area (Å²) in [6, 6.07) is 24.4. The molecule has 0 aliphatic carbocycles. The van der Waals surface area contributed by atoms with Crippen LogP contribution in [0, 0.1) is 18.3 Å². The van der Waals surface area contributed by atoms with E-state index in [1.807, 2.05) is 61.5 Å². The number of hydrogen-bond acceptors (Lipinski definition) is 4. The van der Waals surface area contributed by atoms with Crippen molar-refractivity contribution < 1.29 is 9.59 Å². The van der Waals surface area contributed by atoms with Gasteiger partial charge < -0.3 is 5.32 Å². The maximum absolute atomic E-state index is 13.5. The van der Waals surface area contributed by atoms with Crippen LogP contribution in [0.5, 0.6) is 0 Å². The number of nitrogens with one attached hydrogen (secondary N) is 1. The molecular weight excluding hydrogens is 578 g/mol. The predicted octanol–water partition coefficient (Wildman–Crippen LogP) is 6.59. The molecule has 1 aliphatic heterocycles. The van der Waals surface area contributed by atoms with Crippen molar-refractivity contribution in [3.8, 4) is 6.07 Å². The third kappa shape index (κ3) is 5.44. The van der Waals surface area contributed by atoms with Crippen LogP contribution in [0.2, 0.25) is 0 Å². The van der Waals surface area contributed by atoms with Crippen LogP contribution in [0.25, 0.3) is 0 Å². The van der Waals surface area contributed by atoms with Gasteiger partial charge in [0.25, 0.3) is 5.91 Å². The maximum atomic E-state index is 13.5. The van der Waals surface area contributed by atoms with E-state index in [0.717, 1.165) is 20.1 Å². The number of benzene rings is 3. The molecule has 5 nitrogen and oxygen atoms in total. The van der Waals surface area contributed by atoms with Crippen molar-refractivity contribution in [3.63, 3.8) is 0 Å². The van der Waals surface area contributed by atoms with Crippen LogP contribution >= 0.6 is 43.6 Å². The van der Waals surface area contributed by atoms with Gasteiger partial charge in [0.15, 0.2) is 0 Å². The Morgan fingerprint density at radius 2 is 1.59 bits per heavy atom. The van der Waals surface area contributed by atoms with Gasteiger partial charge in [0.05, 0.1) is 5.25 Å². The van der Waals surface area contributed by atoms with E-state index < -0.39 is 11.2 Å². The van der Waals surface area contributed by atoms with Gasteiger partial charge in [-0.2, -0.15) is 5.26 Å². The van der Waals surface area contributed by atoms with Crippen LogP contribution in [-0.2, 0) is 16.0 Å². The Kier molecular flexibility index (Phi) is 7.57. The van der Waals surface area contributed by atoms with E-state index in [2.05, 4.69) is 37.2 Å². The zero-order valence-corrected chi connectivity index (χ0v) is 22.1. The van der Waals surface area contributed by atoms with Crippen molar-refractivity contribution in [2.24, 2.45) is 0 Å². The van der Waals surface area contributed by atoms with Gasteiger partial charge in [-0.15, -0.1) is 0 Å². The van der Waals surface area contributed by atoms with E-state index in [4.69, 9.17) is 0 Å². The molecule has 170 valence electrons. The molecule has 8 heteroatoms. The van der Waals surface area contributed by atoms with Gasteiger partial charge in [0.1, 0.15) is 16.7 Å². The molecule has 1 unspecified atom stereocenters. The Labute approximate surface area is 219 Å². The standard InChI is InChI=1S/C26H19Br2N3O2S/c1-16-2-10-20(11-3-16)30-24(32)22(15-29)26-31(21-12-8-19(28)9-13-21)25(33)23(34-26)14-17-4-6-18(27)7-5-17/h2-13,23H,14H2,1H3,(H,30,32). The number of rotatable bonds is 5. The summed E-state index contributed by atoms with van der Waals surface area (Å²) < 4.78 is 1.82. The summed E-state index contributed by atoms with van der Waals surface area (Å²) in [5.41, 5.74) is 3.14. The lowest BCUT2D eigenvalue weighted by atomic mass is 10.1. The highest BCUT2D eigenvalue weighted by Crippen LogP contribution is 2.42. The minimum atomic E-state index is -0.548. The highest BCUT2D eigenvalue weighted by molar-refractivity contribution is 9.10. The fourth-order valence-corrected chi connectivity index (χ4v) is 5.31. The number of amides is 2. The SMILES string of the molecule is Cc1ccc(NC(=O)C(C#N)=C2SC(Cc3ccc(Br)cc3)C(=O)N2c2ccc(Br)cc2)cc1. The fraction of sp³-hybridized carbons (Fsp3) is 0.115.